The fraction of sp³-hybridized carbons (Fsp3) is 0.429. The Morgan fingerprint density at radius 1 is 1.42 bits per heavy atom. The van der Waals surface area contributed by atoms with Crippen molar-refractivity contribution >= 4 is 0 Å². The van der Waals surface area contributed by atoms with Gasteiger partial charge in [0.1, 0.15) is 5.82 Å². The topological polar surface area (TPSA) is 51.0 Å². The third-order valence-electron chi connectivity index (χ3n) is 3.62. The van der Waals surface area contributed by atoms with Crippen LogP contribution in [0.3, 0.4) is 0 Å². The van der Waals surface area contributed by atoms with Crippen molar-refractivity contribution < 1.29 is 8.91 Å². The molecule has 0 spiro atoms. The summed E-state index contributed by atoms with van der Waals surface area (Å²) in [6, 6.07) is 6.23. The van der Waals surface area contributed by atoms with Crippen molar-refractivity contribution in [2.75, 3.05) is 13.1 Å². The number of benzene rings is 1. The van der Waals surface area contributed by atoms with Gasteiger partial charge >= 0.3 is 0 Å². The number of piperidine rings is 1. The van der Waals surface area contributed by atoms with Crippen molar-refractivity contribution in [1.82, 2.24) is 15.5 Å². The first-order valence-electron chi connectivity index (χ1n) is 6.48. The second-order valence-corrected chi connectivity index (χ2v) is 5.27. The summed E-state index contributed by atoms with van der Waals surface area (Å²) >= 11 is 0. The number of halogens is 1. The summed E-state index contributed by atoms with van der Waals surface area (Å²) < 4.78 is 18.6. The van der Waals surface area contributed by atoms with Gasteiger partial charge in [-0.15, -0.1) is 0 Å². The lowest BCUT2D eigenvalue weighted by Crippen LogP contribution is -2.41. The molecule has 0 amide bonds. The van der Waals surface area contributed by atoms with E-state index in [4.69, 9.17) is 4.52 Å². The van der Waals surface area contributed by atoms with Gasteiger partial charge in [0.2, 0.25) is 11.7 Å². The Morgan fingerprint density at radius 2 is 2.32 bits per heavy atom. The molecule has 19 heavy (non-hydrogen) atoms. The second-order valence-electron chi connectivity index (χ2n) is 5.27. The molecule has 0 bridgehead atoms. The Labute approximate surface area is 111 Å². The maximum Gasteiger partial charge on any atom is 0.234 e. The van der Waals surface area contributed by atoms with Gasteiger partial charge in [0.25, 0.3) is 0 Å². The van der Waals surface area contributed by atoms with Crippen LogP contribution >= 0.6 is 0 Å². The van der Waals surface area contributed by atoms with E-state index in [0.29, 0.717) is 17.3 Å². The average molecular weight is 261 g/mol. The van der Waals surface area contributed by atoms with Crippen LogP contribution in [0.2, 0.25) is 0 Å². The normalized spacial score (nSPS) is 23.5. The second kappa shape index (κ2) is 4.74. The molecule has 100 valence electrons. The van der Waals surface area contributed by atoms with E-state index in [1.54, 1.807) is 12.1 Å². The highest BCUT2D eigenvalue weighted by molar-refractivity contribution is 5.54. The van der Waals surface area contributed by atoms with Crippen LogP contribution in [0, 0.1) is 5.82 Å². The number of hydrogen-bond acceptors (Lipinski definition) is 4. The predicted octanol–water partition coefficient (Wildman–Crippen LogP) is 2.52. The van der Waals surface area contributed by atoms with Gasteiger partial charge in [-0.3, -0.25) is 0 Å². The highest BCUT2D eigenvalue weighted by Crippen LogP contribution is 2.30. The Morgan fingerprint density at radius 3 is 3.05 bits per heavy atom. The molecule has 1 aromatic heterocycles. The molecule has 1 fully saturated rings. The number of nitrogens with one attached hydrogen (secondary N) is 1. The van der Waals surface area contributed by atoms with Crippen LogP contribution in [0.1, 0.15) is 25.7 Å². The van der Waals surface area contributed by atoms with Gasteiger partial charge in [-0.2, -0.15) is 4.98 Å². The SMILES string of the molecule is CC1(c2nc(-c3cccc(F)c3)no2)CCCNC1. The largest absolute Gasteiger partial charge is 0.338 e. The molecule has 2 heterocycles. The molecule has 2 aromatic rings. The highest BCUT2D eigenvalue weighted by atomic mass is 19.1. The minimum absolute atomic E-state index is 0.128. The van der Waals surface area contributed by atoms with E-state index in [9.17, 15) is 4.39 Å². The van der Waals surface area contributed by atoms with Crippen molar-refractivity contribution in [1.29, 1.82) is 0 Å². The Kier molecular flexibility index (Phi) is 3.06. The molecule has 1 unspecified atom stereocenters. The first-order valence-corrected chi connectivity index (χ1v) is 6.48. The van der Waals surface area contributed by atoms with Gasteiger partial charge in [0.15, 0.2) is 0 Å². The van der Waals surface area contributed by atoms with Crippen molar-refractivity contribution in [3.8, 4) is 11.4 Å². The predicted molar refractivity (Wildman–Crippen MR) is 69.1 cm³/mol. The zero-order valence-corrected chi connectivity index (χ0v) is 10.8. The molecule has 5 heteroatoms. The van der Waals surface area contributed by atoms with Gasteiger partial charge in [-0.05, 0) is 38.4 Å². The first kappa shape index (κ1) is 12.3. The van der Waals surface area contributed by atoms with Crippen molar-refractivity contribution in [3.05, 3.63) is 36.0 Å². The lowest BCUT2D eigenvalue weighted by Gasteiger charge is -2.30. The van der Waals surface area contributed by atoms with Gasteiger partial charge < -0.3 is 9.84 Å². The molecule has 0 aliphatic carbocycles. The molecule has 1 aromatic carbocycles. The molecular formula is C14H16FN3O. The lowest BCUT2D eigenvalue weighted by atomic mass is 9.83. The Bertz CT molecular complexity index is 576. The van der Waals surface area contributed by atoms with Crippen molar-refractivity contribution in [2.45, 2.75) is 25.2 Å². The van der Waals surface area contributed by atoms with Crippen molar-refractivity contribution in [2.24, 2.45) is 0 Å². The smallest absolute Gasteiger partial charge is 0.234 e. The quantitative estimate of drug-likeness (QED) is 0.902. The van der Waals surface area contributed by atoms with Crippen LogP contribution in [0.15, 0.2) is 28.8 Å². The maximum absolute atomic E-state index is 13.2. The van der Waals surface area contributed by atoms with Crippen molar-refractivity contribution in [3.63, 3.8) is 0 Å². The first-order chi connectivity index (χ1) is 9.17. The number of aromatic nitrogens is 2. The third kappa shape index (κ3) is 2.38. The summed E-state index contributed by atoms with van der Waals surface area (Å²) in [4.78, 5) is 4.43. The van der Waals surface area contributed by atoms with E-state index in [-0.39, 0.29) is 11.2 Å². The molecule has 0 saturated carbocycles. The summed E-state index contributed by atoms with van der Waals surface area (Å²) in [6.07, 6.45) is 2.11. The van der Waals surface area contributed by atoms with Gasteiger partial charge in [0, 0.05) is 12.1 Å². The molecule has 0 radical (unpaired) electrons. The van der Waals surface area contributed by atoms with Crippen LogP contribution in [0.5, 0.6) is 0 Å². The highest BCUT2D eigenvalue weighted by Gasteiger charge is 2.34. The summed E-state index contributed by atoms with van der Waals surface area (Å²) in [5.74, 6) is 0.773. The number of nitrogens with zero attached hydrogens (tertiary/aromatic N) is 2. The molecule has 1 aliphatic rings. The molecule has 4 nitrogen and oxygen atoms in total. The van der Waals surface area contributed by atoms with Crippen LogP contribution in [-0.4, -0.2) is 23.2 Å². The summed E-state index contributed by atoms with van der Waals surface area (Å²) in [7, 11) is 0. The molecule has 1 atom stereocenters. The van der Waals surface area contributed by atoms with Crippen LogP contribution < -0.4 is 5.32 Å². The Hall–Kier alpha value is -1.75. The molecule has 1 aliphatic heterocycles. The van der Waals surface area contributed by atoms with E-state index in [1.165, 1.54) is 12.1 Å². The lowest BCUT2D eigenvalue weighted by molar-refractivity contribution is 0.245. The third-order valence-corrected chi connectivity index (χ3v) is 3.62. The molecule has 1 saturated heterocycles. The number of hydrogen-bond donors (Lipinski definition) is 1. The van der Waals surface area contributed by atoms with Gasteiger partial charge in [-0.1, -0.05) is 17.3 Å². The van der Waals surface area contributed by atoms with Gasteiger partial charge in [0.05, 0.1) is 5.41 Å². The maximum atomic E-state index is 13.2. The minimum atomic E-state index is -0.297. The van der Waals surface area contributed by atoms with E-state index in [0.717, 1.165) is 25.9 Å². The molecular weight excluding hydrogens is 245 g/mol. The van der Waals surface area contributed by atoms with Crippen LogP contribution in [-0.2, 0) is 5.41 Å². The van der Waals surface area contributed by atoms with E-state index >= 15 is 0 Å². The fourth-order valence-corrected chi connectivity index (χ4v) is 2.45. The summed E-state index contributed by atoms with van der Waals surface area (Å²) in [5, 5.41) is 7.31. The van der Waals surface area contributed by atoms with E-state index < -0.39 is 0 Å². The number of rotatable bonds is 2. The minimum Gasteiger partial charge on any atom is -0.338 e. The monoisotopic (exact) mass is 261 g/mol. The standard InChI is InChI=1S/C14H16FN3O/c1-14(6-3-7-16-9-14)13-17-12(18-19-13)10-4-2-5-11(15)8-10/h2,4-5,8,16H,3,6-7,9H2,1H3. The van der Waals surface area contributed by atoms with E-state index in [1.807, 2.05) is 0 Å². The molecule has 3 rings (SSSR count). The Balaban J connectivity index is 1.91. The zero-order valence-electron chi connectivity index (χ0n) is 10.8. The molecule has 1 N–H and O–H groups in total. The zero-order chi connectivity index (χ0) is 13.3. The fourth-order valence-electron chi connectivity index (χ4n) is 2.45. The van der Waals surface area contributed by atoms with E-state index in [2.05, 4.69) is 22.4 Å². The van der Waals surface area contributed by atoms with Gasteiger partial charge in [-0.25, -0.2) is 4.39 Å². The average Bonchev–Trinajstić information content (AvgIpc) is 2.90. The summed E-state index contributed by atoms with van der Waals surface area (Å²) in [6.45, 7) is 3.97. The van der Waals surface area contributed by atoms with Crippen LogP contribution in [0.25, 0.3) is 11.4 Å². The van der Waals surface area contributed by atoms with Crippen LogP contribution in [0.4, 0.5) is 4.39 Å². The summed E-state index contributed by atoms with van der Waals surface area (Å²) in [5.41, 5.74) is 0.513.